The van der Waals surface area contributed by atoms with Gasteiger partial charge < -0.3 is 4.74 Å². The van der Waals surface area contributed by atoms with E-state index in [0.717, 1.165) is 53.3 Å². The average molecular weight is 573 g/mol. The second-order valence-electron chi connectivity index (χ2n) is 15.8. The second-order valence-corrected chi connectivity index (χ2v) is 15.8. The molecule has 14 unspecified atom stereocenters. The van der Waals surface area contributed by atoms with Crippen LogP contribution in [0, 0.1) is 71.0 Å². The summed E-state index contributed by atoms with van der Waals surface area (Å²) in [5.41, 5.74) is 3.33. The molecule has 0 radical (unpaired) electrons. The highest BCUT2D eigenvalue weighted by Gasteiger charge is 2.57. The van der Waals surface area contributed by atoms with E-state index in [1.54, 1.807) is 11.1 Å². The van der Waals surface area contributed by atoms with Gasteiger partial charge in [0.05, 0.1) is 12.2 Å². The number of ether oxygens (including phenoxy) is 1. The molecule has 0 N–H and O–H groups in total. The van der Waals surface area contributed by atoms with Crippen LogP contribution in [-0.2, 0) is 4.74 Å². The zero-order chi connectivity index (χ0) is 28.3. The van der Waals surface area contributed by atoms with Gasteiger partial charge >= 0.3 is 0 Å². The highest BCUT2D eigenvalue weighted by molar-refractivity contribution is 5.43. The molecule has 1 nitrogen and oxygen atoms in total. The Balaban J connectivity index is 1.02. The summed E-state index contributed by atoms with van der Waals surface area (Å²) in [7, 11) is 0. The lowest BCUT2D eigenvalue weighted by Gasteiger charge is -2.59. The molecule has 0 bridgehead atoms. The summed E-state index contributed by atoms with van der Waals surface area (Å²) in [6, 6.07) is 0. The van der Waals surface area contributed by atoms with E-state index in [2.05, 4.69) is 85.1 Å². The molecular formula is C42H52O. The van der Waals surface area contributed by atoms with E-state index >= 15 is 0 Å². The fourth-order valence-corrected chi connectivity index (χ4v) is 12.5. The summed E-state index contributed by atoms with van der Waals surface area (Å²) in [4.78, 5) is 0. The van der Waals surface area contributed by atoms with Gasteiger partial charge in [-0.15, -0.1) is 0 Å². The minimum Gasteiger partial charge on any atom is -0.370 e. The first-order valence-electron chi connectivity index (χ1n) is 18.4. The first-order valence-corrected chi connectivity index (χ1v) is 18.4. The summed E-state index contributed by atoms with van der Waals surface area (Å²) in [5.74, 6) is 9.36. The number of fused-ring (bicyclic) bond motifs is 6. The predicted molar refractivity (Wildman–Crippen MR) is 177 cm³/mol. The molecule has 1 aliphatic heterocycles. The molecule has 2 fully saturated rings. The van der Waals surface area contributed by atoms with Crippen LogP contribution >= 0.6 is 0 Å². The SMILES string of the molecule is C1=CC2CCC=CC2C(C2=CCC(C3C4C=CCCC4C(C4CC=CC5OC6CCC=CC6C54)C4CC=CCC43)CC2)=C1. The summed E-state index contributed by atoms with van der Waals surface area (Å²) in [6.07, 6.45) is 52.0. The van der Waals surface area contributed by atoms with E-state index in [1.165, 1.54) is 77.0 Å². The summed E-state index contributed by atoms with van der Waals surface area (Å²) >= 11 is 0. The van der Waals surface area contributed by atoms with Crippen LogP contribution in [0.1, 0.15) is 77.0 Å². The molecule has 1 saturated carbocycles. The maximum atomic E-state index is 6.79. The predicted octanol–water partition coefficient (Wildman–Crippen LogP) is 10.1. The van der Waals surface area contributed by atoms with E-state index in [0.29, 0.717) is 30.0 Å². The fraction of sp³-hybridized carbons (Fsp3) is 0.619. The number of rotatable bonds is 3. The Morgan fingerprint density at radius 3 is 2.26 bits per heavy atom. The van der Waals surface area contributed by atoms with Crippen molar-refractivity contribution in [1.82, 2.24) is 0 Å². The molecule has 0 amide bonds. The Morgan fingerprint density at radius 2 is 1.37 bits per heavy atom. The van der Waals surface area contributed by atoms with Gasteiger partial charge in [0.2, 0.25) is 0 Å². The van der Waals surface area contributed by atoms with E-state index in [9.17, 15) is 0 Å². The minimum absolute atomic E-state index is 0.355. The topological polar surface area (TPSA) is 9.23 Å². The largest absolute Gasteiger partial charge is 0.370 e. The number of allylic oxidation sites excluding steroid dienone is 14. The van der Waals surface area contributed by atoms with Crippen molar-refractivity contribution in [3.63, 3.8) is 0 Å². The molecule has 1 heteroatoms. The minimum atomic E-state index is 0.355. The molecule has 0 aromatic heterocycles. The van der Waals surface area contributed by atoms with Gasteiger partial charge in [0.15, 0.2) is 0 Å². The Labute approximate surface area is 260 Å². The highest BCUT2D eigenvalue weighted by atomic mass is 16.5. The first kappa shape index (κ1) is 27.2. The number of hydrogen-bond acceptors (Lipinski definition) is 1. The van der Waals surface area contributed by atoms with Gasteiger partial charge in [-0.2, -0.15) is 0 Å². The van der Waals surface area contributed by atoms with E-state index < -0.39 is 0 Å². The van der Waals surface area contributed by atoms with Crippen LogP contribution in [0.15, 0.2) is 96.2 Å². The van der Waals surface area contributed by atoms with Gasteiger partial charge in [-0.05, 0) is 141 Å². The van der Waals surface area contributed by atoms with Gasteiger partial charge in [0.25, 0.3) is 0 Å². The Bertz CT molecular complexity index is 1310. The molecule has 0 spiro atoms. The Morgan fingerprint density at radius 1 is 0.581 bits per heavy atom. The van der Waals surface area contributed by atoms with Crippen molar-refractivity contribution in [2.24, 2.45) is 71.0 Å². The van der Waals surface area contributed by atoms with Crippen molar-refractivity contribution >= 4 is 0 Å². The van der Waals surface area contributed by atoms with Gasteiger partial charge in [-0.3, -0.25) is 0 Å². The summed E-state index contributed by atoms with van der Waals surface area (Å²) in [6.45, 7) is 0. The molecular weight excluding hydrogens is 520 g/mol. The highest BCUT2D eigenvalue weighted by Crippen LogP contribution is 2.62. The standard InChI is InChI=1S/C42H52O/c1-2-13-30-27(11-1)12-9-19-31(30)28-23-25-29(26-24-28)40-32-14-3-5-16-34(32)41(35-17-6-4-15-33(35)40)37-20-10-22-39-42(37)36-18-7-8-21-38(36)43-39/h2-5,7,9-10,12-13,15,18-19,22-23,27,29-30,32-42H,1,6,8,11,14,16-17,20-21,24-26H2. The molecule has 43 heavy (non-hydrogen) atoms. The monoisotopic (exact) mass is 572 g/mol. The molecule has 1 saturated heterocycles. The van der Waals surface area contributed by atoms with Crippen molar-refractivity contribution in [3.8, 4) is 0 Å². The van der Waals surface area contributed by atoms with E-state index in [4.69, 9.17) is 4.74 Å². The number of hydrogen-bond donors (Lipinski definition) is 0. The molecule has 1 heterocycles. The third-order valence-electron chi connectivity index (χ3n) is 14.1. The van der Waals surface area contributed by atoms with Crippen LogP contribution in [0.3, 0.4) is 0 Å². The van der Waals surface area contributed by atoms with Crippen molar-refractivity contribution < 1.29 is 4.74 Å². The van der Waals surface area contributed by atoms with Crippen LogP contribution in [0.25, 0.3) is 0 Å². The van der Waals surface area contributed by atoms with Crippen LogP contribution in [0.4, 0.5) is 0 Å². The molecule has 8 aliphatic carbocycles. The van der Waals surface area contributed by atoms with Crippen molar-refractivity contribution in [2.45, 2.75) is 89.3 Å². The Hall–Kier alpha value is -2.12. The lowest BCUT2D eigenvalue weighted by atomic mass is 9.45. The molecule has 0 aromatic carbocycles. The van der Waals surface area contributed by atoms with Crippen LogP contribution in [0.2, 0.25) is 0 Å². The van der Waals surface area contributed by atoms with Crippen LogP contribution in [0.5, 0.6) is 0 Å². The zero-order valence-corrected chi connectivity index (χ0v) is 26.1. The van der Waals surface area contributed by atoms with Gasteiger partial charge in [0, 0.05) is 17.8 Å². The van der Waals surface area contributed by atoms with Gasteiger partial charge in [0.1, 0.15) is 0 Å². The maximum absolute atomic E-state index is 6.79. The smallest absolute Gasteiger partial charge is 0.0797 e. The lowest BCUT2D eigenvalue weighted by Crippen LogP contribution is -2.54. The molecule has 9 rings (SSSR count). The maximum Gasteiger partial charge on any atom is 0.0797 e. The average Bonchev–Trinajstić information content (AvgIpc) is 3.46. The lowest BCUT2D eigenvalue weighted by molar-refractivity contribution is -0.0789. The third-order valence-corrected chi connectivity index (χ3v) is 14.1. The zero-order valence-electron chi connectivity index (χ0n) is 26.1. The molecule has 226 valence electrons. The first-order chi connectivity index (χ1) is 21.3. The van der Waals surface area contributed by atoms with Gasteiger partial charge in [-0.1, -0.05) is 85.1 Å². The molecule has 0 aromatic rings. The summed E-state index contributed by atoms with van der Waals surface area (Å²) in [5, 5.41) is 0. The normalized spacial score (nSPS) is 49.3. The third kappa shape index (κ3) is 4.57. The Kier molecular flexibility index (Phi) is 7.18. The summed E-state index contributed by atoms with van der Waals surface area (Å²) < 4.78 is 6.79. The van der Waals surface area contributed by atoms with Gasteiger partial charge in [-0.25, -0.2) is 0 Å². The second kappa shape index (κ2) is 11.3. The van der Waals surface area contributed by atoms with Crippen molar-refractivity contribution in [3.05, 3.63) is 96.2 Å². The fourth-order valence-electron chi connectivity index (χ4n) is 12.5. The van der Waals surface area contributed by atoms with E-state index in [-0.39, 0.29) is 0 Å². The van der Waals surface area contributed by atoms with E-state index in [1.807, 2.05) is 0 Å². The van der Waals surface area contributed by atoms with Crippen LogP contribution < -0.4 is 0 Å². The van der Waals surface area contributed by atoms with Crippen molar-refractivity contribution in [2.75, 3.05) is 0 Å². The van der Waals surface area contributed by atoms with Crippen molar-refractivity contribution in [1.29, 1.82) is 0 Å². The molecule has 9 aliphatic rings. The van der Waals surface area contributed by atoms with Crippen LogP contribution in [-0.4, -0.2) is 12.2 Å². The molecule has 14 atom stereocenters. The quantitative estimate of drug-likeness (QED) is 0.306.